The molecule has 1 aromatic heterocycles. The molecule has 11 heteroatoms. The van der Waals surface area contributed by atoms with Gasteiger partial charge in [0.15, 0.2) is 6.10 Å². The lowest BCUT2D eigenvalue weighted by atomic mass is 10.0. The third kappa shape index (κ3) is 5.29. The highest BCUT2D eigenvalue weighted by atomic mass is 19.4. The number of aromatic amines is 1. The van der Waals surface area contributed by atoms with Crippen LogP contribution in [-0.2, 0) is 20.4 Å². The van der Waals surface area contributed by atoms with Gasteiger partial charge >= 0.3 is 18.2 Å². The van der Waals surface area contributed by atoms with Crippen molar-refractivity contribution in [3.05, 3.63) is 64.4 Å². The number of amides is 1. The van der Waals surface area contributed by atoms with Crippen LogP contribution in [0.2, 0.25) is 0 Å². The molecule has 2 heterocycles. The SMILES string of the molecule is CN(C)CC(=O)OC[C@@H]1CN(c2ccc3cc(-c4ccccc4C(F)(F)F)[nH]c(=O)c3c2)C(=O)O1. The van der Waals surface area contributed by atoms with Gasteiger partial charge in [-0.1, -0.05) is 24.3 Å². The summed E-state index contributed by atoms with van der Waals surface area (Å²) < 4.78 is 50.7. The minimum absolute atomic E-state index is 0.0309. The number of nitrogens with zero attached hydrogens (tertiary/aromatic N) is 2. The summed E-state index contributed by atoms with van der Waals surface area (Å²) in [6, 6.07) is 11.0. The van der Waals surface area contributed by atoms with Crippen molar-refractivity contribution in [2.75, 3.05) is 38.7 Å². The number of hydrogen-bond acceptors (Lipinski definition) is 6. The van der Waals surface area contributed by atoms with Crippen LogP contribution < -0.4 is 10.5 Å². The van der Waals surface area contributed by atoms with E-state index in [0.717, 1.165) is 6.07 Å². The molecule has 1 amide bonds. The van der Waals surface area contributed by atoms with Crippen molar-refractivity contribution in [2.45, 2.75) is 12.3 Å². The van der Waals surface area contributed by atoms with Crippen molar-refractivity contribution in [2.24, 2.45) is 0 Å². The second kappa shape index (κ2) is 9.41. The third-order valence-corrected chi connectivity index (χ3v) is 5.41. The van der Waals surface area contributed by atoms with E-state index in [0.29, 0.717) is 11.1 Å². The van der Waals surface area contributed by atoms with E-state index in [4.69, 9.17) is 9.47 Å². The zero-order chi connectivity index (χ0) is 25.3. The number of hydrogen-bond donors (Lipinski definition) is 1. The molecule has 0 unspecified atom stereocenters. The summed E-state index contributed by atoms with van der Waals surface area (Å²) in [4.78, 5) is 42.3. The predicted octanol–water partition coefficient (Wildman–Crippen LogP) is 3.64. The number of esters is 1. The number of nitrogens with one attached hydrogen (secondary N) is 1. The second-order valence-corrected chi connectivity index (χ2v) is 8.36. The number of likely N-dealkylation sites (N-methyl/N-ethyl adjacent to an activating group) is 1. The first kappa shape index (κ1) is 24.3. The first-order chi connectivity index (χ1) is 16.5. The first-order valence-corrected chi connectivity index (χ1v) is 10.6. The fourth-order valence-corrected chi connectivity index (χ4v) is 3.84. The van der Waals surface area contributed by atoms with E-state index < -0.39 is 35.5 Å². The Morgan fingerprint density at radius 3 is 2.63 bits per heavy atom. The number of anilines is 1. The van der Waals surface area contributed by atoms with Gasteiger partial charge in [0.25, 0.3) is 5.56 Å². The Morgan fingerprint density at radius 1 is 1.17 bits per heavy atom. The van der Waals surface area contributed by atoms with Crippen LogP contribution >= 0.6 is 0 Å². The molecular formula is C24H22F3N3O5. The maximum absolute atomic E-state index is 13.4. The second-order valence-electron chi connectivity index (χ2n) is 8.36. The molecule has 0 saturated carbocycles. The fourth-order valence-electron chi connectivity index (χ4n) is 3.84. The van der Waals surface area contributed by atoms with Gasteiger partial charge in [0, 0.05) is 22.3 Å². The van der Waals surface area contributed by atoms with Gasteiger partial charge in [-0.15, -0.1) is 0 Å². The quantitative estimate of drug-likeness (QED) is 0.532. The number of H-pyrrole nitrogens is 1. The minimum atomic E-state index is -4.58. The molecule has 1 aliphatic heterocycles. The lowest BCUT2D eigenvalue weighted by Gasteiger charge is -2.15. The number of carbonyl (C=O) groups is 2. The van der Waals surface area contributed by atoms with Crippen molar-refractivity contribution in [3.8, 4) is 11.3 Å². The number of halogens is 3. The van der Waals surface area contributed by atoms with Crippen LogP contribution in [0.3, 0.4) is 0 Å². The molecule has 35 heavy (non-hydrogen) atoms. The van der Waals surface area contributed by atoms with Gasteiger partial charge in [-0.2, -0.15) is 13.2 Å². The highest BCUT2D eigenvalue weighted by Gasteiger charge is 2.35. The Labute approximate surface area is 197 Å². The molecular weight excluding hydrogens is 467 g/mol. The normalized spacial score (nSPS) is 16.1. The average molecular weight is 489 g/mol. The molecule has 0 bridgehead atoms. The van der Waals surface area contributed by atoms with E-state index in [1.165, 1.54) is 35.2 Å². The minimum Gasteiger partial charge on any atom is -0.461 e. The highest BCUT2D eigenvalue weighted by molar-refractivity contribution is 5.94. The molecule has 0 radical (unpaired) electrons. The molecule has 0 spiro atoms. The molecule has 1 saturated heterocycles. The fraction of sp³-hybridized carbons (Fsp3) is 0.292. The van der Waals surface area contributed by atoms with Crippen LogP contribution in [0.5, 0.6) is 0 Å². The first-order valence-electron chi connectivity index (χ1n) is 10.6. The summed E-state index contributed by atoms with van der Waals surface area (Å²) in [6.45, 7) is 0.0901. The number of ether oxygens (including phenoxy) is 2. The number of benzene rings is 2. The zero-order valence-corrected chi connectivity index (χ0v) is 18.9. The van der Waals surface area contributed by atoms with E-state index in [9.17, 15) is 27.6 Å². The molecule has 1 aliphatic rings. The topological polar surface area (TPSA) is 91.9 Å². The summed E-state index contributed by atoms with van der Waals surface area (Å²) in [5.74, 6) is -0.454. The van der Waals surface area contributed by atoms with Crippen LogP contribution in [0, 0.1) is 0 Å². The number of carbonyl (C=O) groups excluding carboxylic acids is 2. The van der Waals surface area contributed by atoms with Crippen molar-refractivity contribution in [3.63, 3.8) is 0 Å². The number of pyridine rings is 1. The molecule has 1 N–H and O–H groups in total. The van der Waals surface area contributed by atoms with Gasteiger partial charge in [0.2, 0.25) is 0 Å². The van der Waals surface area contributed by atoms with Gasteiger partial charge in [-0.05, 0) is 43.7 Å². The largest absolute Gasteiger partial charge is 0.461 e. The van der Waals surface area contributed by atoms with E-state index in [-0.39, 0.29) is 36.3 Å². The molecule has 184 valence electrons. The lowest BCUT2D eigenvalue weighted by molar-refractivity contribution is -0.146. The van der Waals surface area contributed by atoms with Gasteiger partial charge in [0.05, 0.1) is 18.7 Å². The van der Waals surface area contributed by atoms with Gasteiger partial charge in [0.1, 0.15) is 6.61 Å². The van der Waals surface area contributed by atoms with Crippen molar-refractivity contribution in [1.29, 1.82) is 0 Å². The smallest absolute Gasteiger partial charge is 0.417 e. The Kier molecular flexibility index (Phi) is 6.53. The van der Waals surface area contributed by atoms with E-state index >= 15 is 0 Å². The van der Waals surface area contributed by atoms with Crippen molar-refractivity contribution >= 4 is 28.5 Å². The number of fused-ring (bicyclic) bond motifs is 1. The molecule has 1 atom stereocenters. The number of cyclic esters (lactones) is 1. The summed E-state index contributed by atoms with van der Waals surface area (Å²) in [6.07, 6.45) is -5.92. The summed E-state index contributed by atoms with van der Waals surface area (Å²) in [5, 5.41) is 0.607. The molecule has 3 aromatic rings. The van der Waals surface area contributed by atoms with Crippen LogP contribution in [0.4, 0.5) is 23.7 Å². The lowest BCUT2D eigenvalue weighted by Crippen LogP contribution is -2.29. The van der Waals surface area contributed by atoms with Gasteiger partial charge in [-0.25, -0.2) is 4.79 Å². The molecule has 1 fully saturated rings. The summed E-state index contributed by atoms with van der Waals surface area (Å²) in [7, 11) is 3.44. The summed E-state index contributed by atoms with van der Waals surface area (Å²) >= 11 is 0. The van der Waals surface area contributed by atoms with Crippen LogP contribution in [0.25, 0.3) is 22.0 Å². The monoisotopic (exact) mass is 489 g/mol. The average Bonchev–Trinajstić information content (AvgIpc) is 3.17. The number of rotatable bonds is 6. The Balaban J connectivity index is 1.58. The van der Waals surface area contributed by atoms with E-state index in [1.807, 2.05) is 0 Å². The molecule has 8 nitrogen and oxygen atoms in total. The molecule has 0 aliphatic carbocycles. The maximum atomic E-state index is 13.4. The van der Waals surface area contributed by atoms with Crippen molar-refractivity contribution < 1.29 is 32.2 Å². The van der Waals surface area contributed by atoms with Gasteiger partial charge in [-0.3, -0.25) is 19.4 Å². The Bertz CT molecular complexity index is 1340. The molecule has 2 aromatic carbocycles. The predicted molar refractivity (Wildman–Crippen MR) is 122 cm³/mol. The van der Waals surface area contributed by atoms with E-state index in [1.54, 1.807) is 31.1 Å². The highest BCUT2D eigenvalue weighted by Crippen LogP contribution is 2.36. The van der Waals surface area contributed by atoms with Gasteiger partial charge < -0.3 is 14.5 Å². The van der Waals surface area contributed by atoms with E-state index in [2.05, 4.69) is 4.98 Å². The number of aromatic nitrogens is 1. The summed E-state index contributed by atoms with van der Waals surface area (Å²) in [5.41, 5.74) is -1.19. The Hall–Kier alpha value is -3.86. The van der Waals surface area contributed by atoms with Crippen LogP contribution in [0.1, 0.15) is 5.56 Å². The number of alkyl halides is 3. The zero-order valence-electron chi connectivity index (χ0n) is 18.9. The van der Waals surface area contributed by atoms with Crippen molar-refractivity contribution in [1.82, 2.24) is 9.88 Å². The van der Waals surface area contributed by atoms with Crippen LogP contribution in [-0.4, -0.2) is 61.8 Å². The molecule has 4 rings (SSSR count). The third-order valence-electron chi connectivity index (χ3n) is 5.41. The standard InChI is InChI=1S/C24H22F3N3O5/c1-29(2)12-21(31)34-13-16-11-30(23(33)35-16)15-8-7-14-9-20(28-22(32)18(14)10-15)17-5-3-4-6-19(17)24(25,26)27/h3-10,16H,11-13H2,1-2H3,(H,28,32)/t16-/m0/s1. The van der Waals surface area contributed by atoms with Crippen LogP contribution in [0.15, 0.2) is 53.3 Å². The maximum Gasteiger partial charge on any atom is 0.417 e. The Morgan fingerprint density at radius 2 is 1.91 bits per heavy atom.